The summed E-state index contributed by atoms with van der Waals surface area (Å²) in [5.74, 6) is 0.502. The van der Waals surface area contributed by atoms with Crippen molar-refractivity contribution in [2.45, 2.75) is 32.2 Å². The number of hydrogen-bond acceptors (Lipinski definition) is 1. The molecule has 1 fully saturated rings. The number of halogens is 1. The summed E-state index contributed by atoms with van der Waals surface area (Å²) in [6, 6.07) is 29.8. The zero-order valence-corrected chi connectivity index (χ0v) is 19.7. The van der Waals surface area contributed by atoms with Crippen molar-refractivity contribution in [2.24, 2.45) is 5.92 Å². The van der Waals surface area contributed by atoms with Crippen molar-refractivity contribution in [3.05, 3.63) is 101 Å². The lowest BCUT2D eigenvalue weighted by atomic mass is 10.2. The topological polar surface area (TPSA) is 9.23 Å². The molecule has 154 valence electrons. The smallest absolute Gasteiger partial charge is 0.261 e. The van der Waals surface area contributed by atoms with E-state index in [1.54, 1.807) is 0 Å². The van der Waals surface area contributed by atoms with E-state index in [2.05, 4.69) is 99.6 Å². The van der Waals surface area contributed by atoms with E-state index in [4.69, 9.17) is 16.0 Å². The number of rotatable bonds is 6. The molecule has 3 heteroatoms. The van der Waals surface area contributed by atoms with Gasteiger partial charge in [-0.05, 0) is 39.5 Å². The summed E-state index contributed by atoms with van der Waals surface area (Å²) in [4.78, 5) is 0. The molecule has 1 unspecified atom stereocenters. The molecule has 1 atom stereocenters. The van der Waals surface area contributed by atoms with Gasteiger partial charge >= 0.3 is 0 Å². The van der Waals surface area contributed by atoms with Gasteiger partial charge in [-0.1, -0.05) is 117 Å². The molecule has 0 N–H and O–H groups in total. The lowest BCUT2D eigenvalue weighted by molar-refractivity contribution is 0.285. The molecule has 0 bridgehead atoms. The maximum absolute atomic E-state index is 7.05. The Labute approximate surface area is 186 Å². The second-order valence-electron chi connectivity index (χ2n) is 9.15. The first-order valence-corrected chi connectivity index (χ1v) is 12.9. The normalized spacial score (nSPS) is 17.9. The van der Waals surface area contributed by atoms with Gasteiger partial charge in [0, 0.05) is 17.5 Å². The highest BCUT2D eigenvalue weighted by Gasteiger charge is 2.51. The minimum Gasteiger partial charge on any atom is -0.407 e. The molecule has 1 aliphatic carbocycles. The quantitative estimate of drug-likeness (QED) is 0.414. The third-order valence-electron chi connectivity index (χ3n) is 5.99. The number of benzene rings is 3. The van der Waals surface area contributed by atoms with Crippen LogP contribution in [0.5, 0.6) is 0 Å². The van der Waals surface area contributed by atoms with Gasteiger partial charge in [0.2, 0.25) is 0 Å². The highest BCUT2D eigenvalue weighted by Crippen LogP contribution is 2.43. The van der Waals surface area contributed by atoms with E-state index in [1.165, 1.54) is 21.5 Å². The van der Waals surface area contributed by atoms with Gasteiger partial charge in [-0.25, -0.2) is 0 Å². The highest BCUT2D eigenvalue weighted by molar-refractivity contribution is 6.99. The zero-order chi connectivity index (χ0) is 21.2. The molecule has 1 saturated carbocycles. The Morgan fingerprint density at radius 1 is 0.867 bits per heavy atom. The van der Waals surface area contributed by atoms with Gasteiger partial charge in [0.15, 0.2) is 0 Å². The van der Waals surface area contributed by atoms with Crippen LogP contribution in [0.25, 0.3) is 6.08 Å². The van der Waals surface area contributed by atoms with Crippen LogP contribution in [0.15, 0.2) is 90.5 Å². The van der Waals surface area contributed by atoms with Crippen LogP contribution in [-0.4, -0.2) is 14.9 Å². The molecule has 0 aromatic heterocycles. The summed E-state index contributed by atoms with van der Waals surface area (Å²) in [6.07, 6.45) is 3.40. The fraction of sp³-hybridized carbons (Fsp3) is 0.259. The fourth-order valence-electron chi connectivity index (χ4n) is 4.33. The molecule has 3 aromatic rings. The molecule has 0 amide bonds. The largest absolute Gasteiger partial charge is 0.407 e. The lowest BCUT2D eigenvalue weighted by Gasteiger charge is -2.43. The molecular formula is C27H29ClOSi. The molecule has 1 nitrogen and oxygen atoms in total. The molecule has 3 aromatic carbocycles. The van der Waals surface area contributed by atoms with Crippen LogP contribution in [0.2, 0.25) is 10.1 Å². The van der Waals surface area contributed by atoms with Crippen LogP contribution in [0.1, 0.15) is 32.8 Å². The zero-order valence-electron chi connectivity index (χ0n) is 17.9. The SMILES string of the molecule is CC(C)(C)[Si](OCC1C/C1=C\c1ccc(Cl)cc1)(c1ccccc1)c1ccccc1. The van der Waals surface area contributed by atoms with E-state index >= 15 is 0 Å². The Kier molecular flexibility index (Phi) is 6.01. The van der Waals surface area contributed by atoms with Gasteiger partial charge in [0.1, 0.15) is 0 Å². The minimum atomic E-state index is -2.45. The second-order valence-corrected chi connectivity index (χ2v) is 13.9. The first-order valence-electron chi connectivity index (χ1n) is 10.6. The minimum absolute atomic E-state index is 0.0185. The average Bonchev–Trinajstić information content (AvgIpc) is 3.48. The van der Waals surface area contributed by atoms with Crippen molar-refractivity contribution in [3.63, 3.8) is 0 Å². The molecule has 30 heavy (non-hydrogen) atoms. The van der Waals surface area contributed by atoms with Gasteiger partial charge < -0.3 is 4.43 Å². The summed E-state index contributed by atoms with van der Waals surface area (Å²) in [5.41, 5.74) is 2.68. The van der Waals surface area contributed by atoms with Crippen molar-refractivity contribution in [1.82, 2.24) is 0 Å². The highest BCUT2D eigenvalue weighted by atomic mass is 35.5. The molecule has 0 saturated heterocycles. The van der Waals surface area contributed by atoms with E-state index < -0.39 is 8.32 Å². The number of hydrogen-bond donors (Lipinski definition) is 0. The van der Waals surface area contributed by atoms with E-state index in [1.807, 2.05) is 12.1 Å². The predicted octanol–water partition coefficient (Wildman–Crippen LogP) is 6.32. The summed E-state index contributed by atoms with van der Waals surface area (Å²) in [5, 5.41) is 3.48. The molecule has 4 rings (SSSR count). The van der Waals surface area contributed by atoms with Crippen molar-refractivity contribution >= 4 is 36.4 Å². The van der Waals surface area contributed by atoms with Gasteiger partial charge in [0.05, 0.1) is 0 Å². The maximum atomic E-state index is 7.05. The fourth-order valence-corrected chi connectivity index (χ4v) is 9.06. The van der Waals surface area contributed by atoms with Gasteiger partial charge in [0.25, 0.3) is 8.32 Å². The van der Waals surface area contributed by atoms with Crippen LogP contribution in [-0.2, 0) is 4.43 Å². The van der Waals surface area contributed by atoms with E-state index in [0.29, 0.717) is 5.92 Å². The standard InChI is InChI=1S/C27H29ClOSi/c1-27(2,3)30(25-10-6-4-7-11-25,26-12-8-5-9-13-26)29-20-23-19-22(23)18-21-14-16-24(28)17-15-21/h4-18,23H,19-20H2,1-3H3/b22-18+. The Bertz CT molecular complexity index is 965. The predicted molar refractivity (Wildman–Crippen MR) is 131 cm³/mol. The molecule has 0 radical (unpaired) electrons. The third kappa shape index (κ3) is 4.32. The summed E-state index contributed by atoms with van der Waals surface area (Å²) >= 11 is 6.02. The van der Waals surface area contributed by atoms with Gasteiger partial charge in [-0.15, -0.1) is 0 Å². The van der Waals surface area contributed by atoms with Crippen LogP contribution >= 0.6 is 11.6 Å². The van der Waals surface area contributed by atoms with Crippen LogP contribution in [0, 0.1) is 5.92 Å². The van der Waals surface area contributed by atoms with Gasteiger partial charge in [-0.3, -0.25) is 0 Å². The summed E-state index contributed by atoms with van der Waals surface area (Å²) < 4.78 is 7.05. The average molecular weight is 433 g/mol. The Morgan fingerprint density at radius 2 is 1.40 bits per heavy atom. The van der Waals surface area contributed by atoms with Crippen LogP contribution in [0.4, 0.5) is 0 Å². The Hall–Kier alpha value is -2.13. The van der Waals surface area contributed by atoms with E-state index in [0.717, 1.165) is 18.1 Å². The van der Waals surface area contributed by atoms with E-state index in [9.17, 15) is 0 Å². The maximum Gasteiger partial charge on any atom is 0.261 e. The van der Waals surface area contributed by atoms with Crippen molar-refractivity contribution in [3.8, 4) is 0 Å². The Balaban J connectivity index is 1.62. The molecule has 0 heterocycles. The summed E-state index contributed by atoms with van der Waals surface area (Å²) in [6.45, 7) is 7.76. The molecule has 0 spiro atoms. The van der Waals surface area contributed by atoms with Crippen molar-refractivity contribution in [2.75, 3.05) is 6.61 Å². The first kappa shape index (κ1) is 21.1. The lowest BCUT2D eigenvalue weighted by Crippen LogP contribution is -2.66. The molecule has 1 aliphatic rings. The molecular weight excluding hydrogens is 404 g/mol. The van der Waals surface area contributed by atoms with Crippen molar-refractivity contribution < 1.29 is 4.43 Å². The Morgan fingerprint density at radius 3 is 1.90 bits per heavy atom. The third-order valence-corrected chi connectivity index (χ3v) is 11.2. The van der Waals surface area contributed by atoms with E-state index in [-0.39, 0.29) is 5.04 Å². The molecule has 0 aliphatic heterocycles. The van der Waals surface area contributed by atoms with Crippen molar-refractivity contribution in [1.29, 1.82) is 0 Å². The van der Waals surface area contributed by atoms with Crippen LogP contribution in [0.3, 0.4) is 0 Å². The van der Waals surface area contributed by atoms with Gasteiger partial charge in [-0.2, -0.15) is 0 Å². The van der Waals surface area contributed by atoms with Crippen LogP contribution < -0.4 is 10.4 Å². The monoisotopic (exact) mass is 432 g/mol. The summed E-state index contributed by atoms with van der Waals surface area (Å²) in [7, 11) is -2.45. The second kappa shape index (κ2) is 8.54. The first-order chi connectivity index (χ1) is 14.4.